The van der Waals surface area contributed by atoms with Gasteiger partial charge in [0.1, 0.15) is 12.1 Å². The van der Waals surface area contributed by atoms with Crippen molar-refractivity contribution >= 4 is 23.8 Å². The number of aliphatic carboxylic acids is 1. The minimum atomic E-state index is -2.12. The second-order valence-electron chi connectivity index (χ2n) is 6.15. The molecular weight excluding hydrogens is 294 g/mol. The molecule has 2 atom stereocenters. The Hall–Kier alpha value is -2.16. The van der Waals surface area contributed by atoms with E-state index in [-0.39, 0.29) is 5.92 Å². The second-order valence-corrected chi connectivity index (χ2v) is 6.15. The summed E-state index contributed by atoms with van der Waals surface area (Å²) in [6.07, 6.45) is 1.70. The fraction of sp³-hybridized carbons (Fsp3) is 0.692. The number of nitrogens with zero attached hydrogens (tertiary/aromatic N) is 1. The quantitative estimate of drug-likeness (QED) is 0.448. The van der Waals surface area contributed by atoms with E-state index in [4.69, 9.17) is 5.11 Å². The maximum atomic E-state index is 12.3. The van der Waals surface area contributed by atoms with Crippen LogP contribution in [-0.4, -0.2) is 63.2 Å². The topological polar surface area (TPSA) is 136 Å². The average Bonchev–Trinajstić information content (AvgIpc) is 3.23. The van der Waals surface area contributed by atoms with E-state index >= 15 is 0 Å². The lowest BCUT2D eigenvalue weighted by molar-refractivity contribution is -0.156. The number of aliphatic hydroxyl groups is 1. The molecule has 2 rings (SSSR count). The largest absolute Gasteiger partial charge is 0.479 e. The lowest BCUT2D eigenvalue weighted by Crippen LogP contribution is -2.50. The summed E-state index contributed by atoms with van der Waals surface area (Å²) in [6, 6.07) is -0.639. The van der Waals surface area contributed by atoms with Crippen molar-refractivity contribution in [1.82, 2.24) is 15.5 Å². The van der Waals surface area contributed by atoms with Crippen molar-refractivity contribution in [2.75, 3.05) is 13.1 Å². The Morgan fingerprint density at radius 1 is 1.45 bits per heavy atom. The number of carboxylic acids is 1. The Morgan fingerprint density at radius 3 is 2.55 bits per heavy atom. The van der Waals surface area contributed by atoms with Crippen LogP contribution in [0.3, 0.4) is 0 Å². The van der Waals surface area contributed by atoms with E-state index in [1.807, 2.05) is 0 Å². The van der Waals surface area contributed by atoms with Gasteiger partial charge in [-0.25, -0.2) is 9.59 Å². The standard InChI is InChI=1S/C13H19N3O6/c1-12(22,10(19)20)6-14-8(17)5-16-9(18)13(2,7-3-4-7)15-11(16)21/h7,22H,3-6H2,1-2H3,(H,14,17)(H,15,21)(H,19,20). The number of hydrogen-bond acceptors (Lipinski definition) is 5. The van der Waals surface area contributed by atoms with Crippen LogP contribution in [0.1, 0.15) is 26.7 Å². The Morgan fingerprint density at radius 2 is 2.05 bits per heavy atom. The maximum absolute atomic E-state index is 12.3. The first kappa shape index (κ1) is 16.2. The molecule has 0 aromatic heterocycles. The second kappa shape index (κ2) is 5.24. The van der Waals surface area contributed by atoms with Crippen LogP contribution >= 0.6 is 0 Å². The highest BCUT2D eigenvalue weighted by Crippen LogP contribution is 2.42. The molecule has 2 aliphatic rings. The molecule has 9 heteroatoms. The molecule has 1 heterocycles. The van der Waals surface area contributed by atoms with Gasteiger partial charge in [-0.1, -0.05) is 0 Å². The number of nitrogens with one attached hydrogen (secondary N) is 2. The predicted octanol–water partition coefficient (Wildman–Crippen LogP) is -1.34. The van der Waals surface area contributed by atoms with Crippen molar-refractivity contribution in [2.45, 2.75) is 37.8 Å². The number of imide groups is 1. The number of amides is 4. The number of hydrogen-bond donors (Lipinski definition) is 4. The third-order valence-corrected chi connectivity index (χ3v) is 4.09. The first-order valence-corrected chi connectivity index (χ1v) is 6.94. The van der Waals surface area contributed by atoms with Crippen molar-refractivity contribution in [2.24, 2.45) is 5.92 Å². The molecule has 122 valence electrons. The van der Waals surface area contributed by atoms with Gasteiger partial charge in [0.2, 0.25) is 5.91 Å². The number of carbonyl (C=O) groups excluding carboxylic acids is 3. The van der Waals surface area contributed by atoms with Gasteiger partial charge >= 0.3 is 12.0 Å². The van der Waals surface area contributed by atoms with Crippen LogP contribution in [0.15, 0.2) is 0 Å². The van der Waals surface area contributed by atoms with Gasteiger partial charge < -0.3 is 20.8 Å². The fourth-order valence-electron chi connectivity index (χ4n) is 2.34. The molecule has 4 amide bonds. The van der Waals surface area contributed by atoms with Gasteiger partial charge in [0.15, 0.2) is 5.60 Å². The number of carboxylic acid groups (broad SMARTS) is 1. The van der Waals surface area contributed by atoms with E-state index in [0.29, 0.717) is 0 Å². The summed E-state index contributed by atoms with van der Waals surface area (Å²) >= 11 is 0. The molecule has 1 aliphatic heterocycles. The zero-order chi connectivity index (χ0) is 16.7. The summed E-state index contributed by atoms with van der Waals surface area (Å²) in [5, 5.41) is 23.0. The molecule has 9 nitrogen and oxygen atoms in total. The lowest BCUT2D eigenvalue weighted by Gasteiger charge is -2.21. The van der Waals surface area contributed by atoms with Gasteiger partial charge in [0.25, 0.3) is 5.91 Å². The Balaban J connectivity index is 1.93. The highest BCUT2D eigenvalue weighted by molar-refractivity contribution is 6.09. The van der Waals surface area contributed by atoms with Crippen LogP contribution in [0, 0.1) is 5.92 Å². The summed E-state index contributed by atoms with van der Waals surface area (Å²) in [5.41, 5.74) is -3.08. The molecular formula is C13H19N3O6. The van der Waals surface area contributed by atoms with E-state index in [2.05, 4.69) is 10.6 Å². The molecule has 1 saturated carbocycles. The summed E-state index contributed by atoms with van der Waals surface area (Å²) in [6.45, 7) is 1.64. The number of carbonyl (C=O) groups is 4. The van der Waals surface area contributed by atoms with Crippen LogP contribution in [0.4, 0.5) is 4.79 Å². The molecule has 22 heavy (non-hydrogen) atoms. The van der Waals surface area contributed by atoms with Crippen molar-refractivity contribution in [3.8, 4) is 0 Å². The minimum Gasteiger partial charge on any atom is -0.479 e. The molecule has 0 bridgehead atoms. The number of urea groups is 1. The molecule has 0 spiro atoms. The molecule has 0 radical (unpaired) electrons. The van der Waals surface area contributed by atoms with Crippen molar-refractivity contribution < 1.29 is 29.4 Å². The Bertz CT molecular complexity index is 542. The van der Waals surface area contributed by atoms with Gasteiger partial charge in [0.05, 0.1) is 6.54 Å². The normalized spacial score (nSPS) is 27.3. The van der Waals surface area contributed by atoms with E-state index in [1.54, 1.807) is 6.92 Å². The SMILES string of the molecule is CC(O)(CNC(=O)CN1C(=O)NC(C)(C2CC2)C1=O)C(=O)O. The van der Waals surface area contributed by atoms with Crippen LogP contribution in [0.2, 0.25) is 0 Å². The van der Waals surface area contributed by atoms with Crippen LogP contribution in [-0.2, 0) is 14.4 Å². The summed E-state index contributed by atoms with van der Waals surface area (Å²) in [5.74, 6) is -2.57. The molecule has 4 N–H and O–H groups in total. The van der Waals surface area contributed by atoms with Crippen LogP contribution < -0.4 is 10.6 Å². The van der Waals surface area contributed by atoms with E-state index in [0.717, 1.165) is 24.7 Å². The van der Waals surface area contributed by atoms with Crippen LogP contribution in [0.25, 0.3) is 0 Å². The molecule has 2 fully saturated rings. The third kappa shape index (κ3) is 2.89. The van der Waals surface area contributed by atoms with Crippen LogP contribution in [0.5, 0.6) is 0 Å². The highest BCUT2D eigenvalue weighted by Gasteiger charge is 2.56. The van der Waals surface area contributed by atoms with E-state index in [9.17, 15) is 24.3 Å². The van der Waals surface area contributed by atoms with Crippen molar-refractivity contribution in [3.63, 3.8) is 0 Å². The summed E-state index contributed by atoms with van der Waals surface area (Å²) in [7, 11) is 0. The molecule has 0 aromatic rings. The first-order chi connectivity index (χ1) is 10.1. The zero-order valence-corrected chi connectivity index (χ0v) is 12.4. The first-order valence-electron chi connectivity index (χ1n) is 6.94. The fourth-order valence-corrected chi connectivity index (χ4v) is 2.34. The van der Waals surface area contributed by atoms with Gasteiger partial charge in [-0.2, -0.15) is 0 Å². The smallest absolute Gasteiger partial charge is 0.337 e. The van der Waals surface area contributed by atoms with Gasteiger partial charge in [-0.05, 0) is 32.6 Å². The number of rotatable bonds is 6. The highest BCUT2D eigenvalue weighted by atomic mass is 16.4. The lowest BCUT2D eigenvalue weighted by atomic mass is 9.96. The van der Waals surface area contributed by atoms with Crippen molar-refractivity contribution in [3.05, 3.63) is 0 Å². The van der Waals surface area contributed by atoms with E-state index < -0.39 is 48.0 Å². The third-order valence-electron chi connectivity index (χ3n) is 4.09. The Kier molecular flexibility index (Phi) is 3.86. The minimum absolute atomic E-state index is 0.0877. The summed E-state index contributed by atoms with van der Waals surface area (Å²) < 4.78 is 0. The molecule has 0 aromatic carbocycles. The molecule has 1 aliphatic carbocycles. The van der Waals surface area contributed by atoms with Crippen molar-refractivity contribution in [1.29, 1.82) is 0 Å². The van der Waals surface area contributed by atoms with E-state index in [1.165, 1.54) is 0 Å². The van der Waals surface area contributed by atoms with Gasteiger partial charge in [-0.3, -0.25) is 14.5 Å². The monoisotopic (exact) mass is 313 g/mol. The predicted molar refractivity (Wildman–Crippen MR) is 72.6 cm³/mol. The maximum Gasteiger partial charge on any atom is 0.337 e. The van der Waals surface area contributed by atoms with Gasteiger partial charge in [-0.15, -0.1) is 0 Å². The Labute approximate surface area is 126 Å². The average molecular weight is 313 g/mol. The van der Waals surface area contributed by atoms with Gasteiger partial charge in [0, 0.05) is 0 Å². The summed E-state index contributed by atoms with van der Waals surface area (Å²) in [4.78, 5) is 47.4. The molecule has 2 unspecified atom stereocenters. The zero-order valence-electron chi connectivity index (χ0n) is 12.4. The molecule has 1 saturated heterocycles.